The predicted octanol–water partition coefficient (Wildman–Crippen LogP) is 4.04. The molecule has 2 aromatic heterocycles. The lowest BCUT2D eigenvalue weighted by molar-refractivity contribution is 0.0935. The molecule has 0 bridgehead atoms. The number of likely N-dealkylation sites (tertiary alicyclic amines) is 1. The number of benzene rings is 1. The molecule has 0 N–H and O–H groups in total. The Morgan fingerprint density at radius 1 is 1.31 bits per heavy atom. The Labute approximate surface area is 178 Å². The summed E-state index contributed by atoms with van der Waals surface area (Å²) in [6.45, 7) is 4.57. The van der Waals surface area contributed by atoms with Gasteiger partial charge in [0.05, 0.1) is 17.2 Å². The highest BCUT2D eigenvalue weighted by Crippen LogP contribution is 2.45. The fourth-order valence-corrected chi connectivity index (χ4v) is 4.96. The molecule has 2 aliphatic heterocycles. The number of furan rings is 1. The van der Waals surface area contributed by atoms with E-state index in [0.717, 1.165) is 29.7 Å². The molecule has 5 rings (SSSR count). The summed E-state index contributed by atoms with van der Waals surface area (Å²) in [4.78, 5) is 17.8. The number of carbonyl (C=O) groups excluding carboxylic acids is 1. The van der Waals surface area contributed by atoms with Crippen LogP contribution in [0.5, 0.6) is 0 Å². The smallest absolute Gasteiger partial charge is 0.294 e. The van der Waals surface area contributed by atoms with Crippen LogP contribution in [-0.4, -0.2) is 46.8 Å². The van der Waals surface area contributed by atoms with E-state index in [-0.39, 0.29) is 11.9 Å². The summed E-state index contributed by atoms with van der Waals surface area (Å²) in [5.74, 6) is 1.40. The molecule has 29 heavy (non-hydrogen) atoms. The van der Waals surface area contributed by atoms with Crippen molar-refractivity contribution in [3.8, 4) is 0 Å². The first-order valence-electron chi connectivity index (χ1n) is 9.89. The van der Waals surface area contributed by atoms with Gasteiger partial charge in [-0.3, -0.25) is 9.48 Å². The average Bonchev–Trinajstić information content (AvgIpc) is 3.39. The maximum atomic E-state index is 13.5. The van der Waals surface area contributed by atoms with Gasteiger partial charge in [-0.2, -0.15) is 5.10 Å². The number of rotatable bonds is 3. The van der Waals surface area contributed by atoms with E-state index in [9.17, 15) is 4.79 Å². The van der Waals surface area contributed by atoms with Crippen LogP contribution in [0.1, 0.15) is 39.8 Å². The maximum absolute atomic E-state index is 13.5. The normalized spacial score (nSPS) is 21.3. The quantitative estimate of drug-likeness (QED) is 0.598. The lowest BCUT2D eigenvalue weighted by Crippen LogP contribution is -2.47. The molecule has 2 aliphatic rings. The molecule has 0 aliphatic carbocycles. The van der Waals surface area contributed by atoms with Crippen molar-refractivity contribution in [3.63, 3.8) is 0 Å². The summed E-state index contributed by atoms with van der Waals surface area (Å²) in [5, 5.41) is 4.25. The van der Waals surface area contributed by atoms with Gasteiger partial charge in [0, 0.05) is 30.4 Å². The molecule has 6 nitrogen and oxygen atoms in total. The lowest BCUT2D eigenvalue weighted by Gasteiger charge is -2.36. The number of fused-ring (bicyclic) bond motifs is 3. The Hall–Kier alpha value is -2.38. The maximum Gasteiger partial charge on any atom is 0.294 e. The van der Waals surface area contributed by atoms with Crippen LogP contribution >= 0.6 is 15.9 Å². The number of nitrogens with zero attached hydrogens (tertiary/aromatic N) is 4. The lowest BCUT2D eigenvalue weighted by atomic mass is 9.89. The SMILES string of the molecule is Cc1ccc2c(c1)[C@H]1CN(C)CC[C@@H]1N2C(=O)c1ccc(Cn2cc(Br)cn2)o1. The zero-order chi connectivity index (χ0) is 20.1. The van der Waals surface area contributed by atoms with Gasteiger partial charge in [0.2, 0.25) is 0 Å². The van der Waals surface area contributed by atoms with Crippen molar-refractivity contribution in [3.05, 3.63) is 69.8 Å². The summed E-state index contributed by atoms with van der Waals surface area (Å²) in [5.41, 5.74) is 3.54. The fourth-order valence-electron chi connectivity index (χ4n) is 4.63. The number of carbonyl (C=O) groups is 1. The van der Waals surface area contributed by atoms with Gasteiger partial charge in [0.25, 0.3) is 5.91 Å². The number of aromatic nitrogens is 2. The van der Waals surface area contributed by atoms with Crippen molar-refractivity contribution in [1.29, 1.82) is 0 Å². The Kier molecular flexibility index (Phi) is 4.59. The first-order valence-corrected chi connectivity index (χ1v) is 10.7. The number of aryl methyl sites for hydroxylation is 1. The molecule has 0 spiro atoms. The first-order chi connectivity index (χ1) is 14.0. The van der Waals surface area contributed by atoms with E-state index in [2.05, 4.69) is 58.1 Å². The van der Waals surface area contributed by atoms with E-state index in [4.69, 9.17) is 4.42 Å². The highest BCUT2D eigenvalue weighted by molar-refractivity contribution is 9.10. The molecule has 0 saturated carbocycles. The fraction of sp³-hybridized carbons (Fsp3) is 0.364. The molecule has 0 radical (unpaired) electrons. The third kappa shape index (κ3) is 3.32. The largest absolute Gasteiger partial charge is 0.454 e. The van der Waals surface area contributed by atoms with E-state index in [1.54, 1.807) is 16.9 Å². The summed E-state index contributed by atoms with van der Waals surface area (Å²) in [7, 11) is 2.16. The molecule has 3 aromatic rings. The number of anilines is 1. The van der Waals surface area contributed by atoms with Gasteiger partial charge < -0.3 is 14.2 Å². The van der Waals surface area contributed by atoms with Crippen LogP contribution in [-0.2, 0) is 6.54 Å². The van der Waals surface area contributed by atoms with E-state index < -0.39 is 0 Å². The summed E-state index contributed by atoms with van der Waals surface area (Å²) in [6.07, 6.45) is 4.58. The summed E-state index contributed by atoms with van der Waals surface area (Å²) < 4.78 is 8.62. The Balaban J connectivity index is 1.45. The molecule has 1 fully saturated rings. The van der Waals surface area contributed by atoms with Crippen molar-refractivity contribution < 1.29 is 9.21 Å². The van der Waals surface area contributed by atoms with E-state index in [1.807, 2.05) is 17.2 Å². The van der Waals surface area contributed by atoms with Gasteiger partial charge in [-0.1, -0.05) is 17.7 Å². The molecule has 0 unspecified atom stereocenters. The molecular formula is C22H23BrN4O2. The standard InChI is InChI=1S/C22H23BrN4O2/c1-14-3-5-19-17(9-14)18-13-25(2)8-7-20(18)27(19)22(28)21-6-4-16(29-21)12-26-11-15(23)10-24-26/h3-6,9-11,18,20H,7-8,12-13H2,1-2H3/t18-,20+/m1/s1. The second-order valence-electron chi connectivity index (χ2n) is 8.08. The molecule has 4 heterocycles. The molecule has 7 heteroatoms. The molecular weight excluding hydrogens is 432 g/mol. The van der Waals surface area contributed by atoms with Gasteiger partial charge in [0.15, 0.2) is 5.76 Å². The van der Waals surface area contributed by atoms with Crippen LogP contribution in [0.15, 0.2) is 51.6 Å². The third-order valence-corrected chi connectivity index (χ3v) is 6.37. The Morgan fingerprint density at radius 3 is 2.97 bits per heavy atom. The Morgan fingerprint density at radius 2 is 2.17 bits per heavy atom. The molecule has 1 aromatic carbocycles. The highest BCUT2D eigenvalue weighted by Gasteiger charge is 2.44. The van der Waals surface area contributed by atoms with Gasteiger partial charge in [-0.15, -0.1) is 0 Å². The number of hydrogen-bond donors (Lipinski definition) is 0. The number of likely N-dealkylation sites (N-methyl/N-ethyl adjacent to an activating group) is 1. The van der Waals surface area contributed by atoms with E-state index in [1.165, 1.54) is 11.1 Å². The molecule has 1 amide bonds. The monoisotopic (exact) mass is 454 g/mol. The molecule has 150 valence electrons. The number of piperidine rings is 1. The number of hydrogen-bond acceptors (Lipinski definition) is 4. The minimum absolute atomic E-state index is 0.0555. The zero-order valence-corrected chi connectivity index (χ0v) is 18.1. The second-order valence-corrected chi connectivity index (χ2v) is 9.00. The van der Waals surface area contributed by atoms with Gasteiger partial charge in [-0.25, -0.2) is 0 Å². The number of amides is 1. The van der Waals surface area contributed by atoms with Gasteiger partial charge in [-0.05, 0) is 66.6 Å². The molecule has 1 saturated heterocycles. The van der Waals surface area contributed by atoms with Crippen LogP contribution in [0.4, 0.5) is 5.69 Å². The second kappa shape index (κ2) is 7.15. The predicted molar refractivity (Wildman–Crippen MR) is 114 cm³/mol. The average molecular weight is 455 g/mol. The zero-order valence-electron chi connectivity index (χ0n) is 16.5. The van der Waals surface area contributed by atoms with Crippen LogP contribution in [0, 0.1) is 6.92 Å². The van der Waals surface area contributed by atoms with E-state index in [0.29, 0.717) is 24.0 Å². The van der Waals surface area contributed by atoms with Crippen LogP contribution in [0.3, 0.4) is 0 Å². The summed E-state index contributed by atoms with van der Waals surface area (Å²) >= 11 is 3.40. The topological polar surface area (TPSA) is 54.5 Å². The van der Waals surface area contributed by atoms with Crippen molar-refractivity contribution in [2.45, 2.75) is 31.8 Å². The minimum atomic E-state index is -0.0555. The van der Waals surface area contributed by atoms with Crippen LogP contribution in [0.25, 0.3) is 0 Å². The van der Waals surface area contributed by atoms with Crippen molar-refractivity contribution in [2.75, 3.05) is 25.0 Å². The van der Waals surface area contributed by atoms with Crippen LogP contribution < -0.4 is 4.90 Å². The van der Waals surface area contributed by atoms with Crippen molar-refractivity contribution >= 4 is 27.5 Å². The van der Waals surface area contributed by atoms with Gasteiger partial charge >= 0.3 is 0 Å². The van der Waals surface area contributed by atoms with E-state index >= 15 is 0 Å². The summed E-state index contributed by atoms with van der Waals surface area (Å²) in [6, 6.07) is 10.2. The van der Waals surface area contributed by atoms with Crippen LogP contribution in [0.2, 0.25) is 0 Å². The first kappa shape index (κ1) is 18.6. The van der Waals surface area contributed by atoms with Gasteiger partial charge in [0.1, 0.15) is 5.76 Å². The highest BCUT2D eigenvalue weighted by atomic mass is 79.9. The minimum Gasteiger partial charge on any atom is -0.454 e. The third-order valence-electron chi connectivity index (χ3n) is 5.96. The Bertz CT molecular complexity index is 1070. The van der Waals surface area contributed by atoms with Crippen molar-refractivity contribution in [1.82, 2.24) is 14.7 Å². The number of halogens is 1. The molecule has 2 atom stereocenters. The van der Waals surface area contributed by atoms with Crippen molar-refractivity contribution in [2.24, 2.45) is 0 Å².